The normalized spacial score (nSPS) is 10.8. The Kier molecular flexibility index (Phi) is 4.59. The summed E-state index contributed by atoms with van der Waals surface area (Å²) in [5, 5.41) is 8.13. The first-order valence-electron chi connectivity index (χ1n) is 7.34. The first kappa shape index (κ1) is 14.9. The van der Waals surface area contributed by atoms with E-state index >= 15 is 0 Å². The molecule has 0 radical (unpaired) electrons. The Morgan fingerprint density at radius 2 is 1.45 bits per heavy atom. The van der Waals surface area contributed by atoms with E-state index in [0.717, 1.165) is 23.2 Å². The molecule has 0 atom stereocenters. The minimum absolute atomic E-state index is 0.790. The first-order valence-corrected chi connectivity index (χ1v) is 8.33. The van der Waals surface area contributed by atoms with E-state index in [9.17, 15) is 0 Å². The van der Waals surface area contributed by atoms with Crippen LogP contribution in [0, 0.1) is 13.8 Å². The van der Waals surface area contributed by atoms with Gasteiger partial charge in [0.25, 0.3) is 0 Å². The zero-order valence-corrected chi connectivity index (χ0v) is 13.7. The van der Waals surface area contributed by atoms with Crippen molar-refractivity contribution >= 4 is 11.8 Å². The number of thioether (sulfide) groups is 1. The Labute approximate surface area is 135 Å². The molecule has 0 spiro atoms. The van der Waals surface area contributed by atoms with Crippen LogP contribution < -0.4 is 0 Å². The summed E-state index contributed by atoms with van der Waals surface area (Å²) in [5.41, 5.74) is 5.10. The van der Waals surface area contributed by atoms with Crippen LogP contribution in [-0.2, 0) is 12.2 Å². The molecular formula is C18H19N3S. The van der Waals surface area contributed by atoms with Gasteiger partial charge in [0.2, 0.25) is 5.16 Å². The fourth-order valence-electron chi connectivity index (χ4n) is 2.15. The fraction of sp³-hybridized carbons (Fsp3) is 0.222. The summed E-state index contributed by atoms with van der Waals surface area (Å²) in [5.74, 6) is 1.80. The average Bonchev–Trinajstić information content (AvgIpc) is 2.97. The summed E-state index contributed by atoms with van der Waals surface area (Å²) in [6.07, 6.45) is 0.790. The van der Waals surface area contributed by atoms with Gasteiger partial charge >= 0.3 is 0 Å². The number of aromatic nitrogens is 3. The Hall–Kier alpha value is -2.07. The summed E-state index contributed by atoms with van der Waals surface area (Å²) in [6, 6.07) is 17.1. The maximum absolute atomic E-state index is 4.56. The molecule has 0 aliphatic heterocycles. The molecule has 0 aliphatic carbocycles. The van der Waals surface area contributed by atoms with Gasteiger partial charge in [-0.1, -0.05) is 71.4 Å². The number of nitrogens with one attached hydrogen (secondary N) is 1. The van der Waals surface area contributed by atoms with Gasteiger partial charge in [0.05, 0.1) is 0 Å². The second kappa shape index (κ2) is 6.79. The van der Waals surface area contributed by atoms with Crippen LogP contribution in [0.2, 0.25) is 0 Å². The highest BCUT2D eigenvalue weighted by Crippen LogP contribution is 2.20. The Morgan fingerprint density at radius 1 is 0.864 bits per heavy atom. The lowest BCUT2D eigenvalue weighted by Gasteiger charge is -1.99. The summed E-state index contributed by atoms with van der Waals surface area (Å²) in [7, 11) is 0. The van der Waals surface area contributed by atoms with Gasteiger partial charge in [0, 0.05) is 12.2 Å². The van der Waals surface area contributed by atoms with Gasteiger partial charge in [-0.3, -0.25) is 5.10 Å². The maximum Gasteiger partial charge on any atom is 0.208 e. The van der Waals surface area contributed by atoms with Crippen LogP contribution in [0.15, 0.2) is 53.7 Å². The molecule has 0 bridgehead atoms. The minimum atomic E-state index is 0.790. The van der Waals surface area contributed by atoms with Crippen molar-refractivity contribution in [1.29, 1.82) is 0 Å². The van der Waals surface area contributed by atoms with Crippen molar-refractivity contribution in [2.24, 2.45) is 0 Å². The van der Waals surface area contributed by atoms with Crippen LogP contribution in [-0.4, -0.2) is 15.2 Å². The minimum Gasteiger partial charge on any atom is -0.262 e. The van der Waals surface area contributed by atoms with Gasteiger partial charge in [0.15, 0.2) is 0 Å². The van der Waals surface area contributed by atoms with Gasteiger partial charge in [-0.05, 0) is 25.0 Å². The number of nitrogens with zero attached hydrogens (tertiary/aromatic N) is 2. The summed E-state index contributed by atoms with van der Waals surface area (Å²) < 4.78 is 0. The van der Waals surface area contributed by atoms with E-state index in [1.165, 1.54) is 22.3 Å². The third-order valence-corrected chi connectivity index (χ3v) is 4.41. The lowest BCUT2D eigenvalue weighted by atomic mass is 10.1. The summed E-state index contributed by atoms with van der Waals surface area (Å²) in [4.78, 5) is 4.56. The molecule has 0 amide bonds. The zero-order valence-electron chi connectivity index (χ0n) is 12.8. The van der Waals surface area contributed by atoms with E-state index in [1.54, 1.807) is 11.8 Å². The van der Waals surface area contributed by atoms with Gasteiger partial charge in [-0.15, -0.1) is 5.10 Å². The highest BCUT2D eigenvalue weighted by atomic mass is 32.2. The quantitative estimate of drug-likeness (QED) is 0.714. The molecule has 0 saturated carbocycles. The number of rotatable bonds is 5. The van der Waals surface area contributed by atoms with Gasteiger partial charge < -0.3 is 0 Å². The van der Waals surface area contributed by atoms with E-state index in [-0.39, 0.29) is 0 Å². The van der Waals surface area contributed by atoms with Crippen LogP contribution in [0.25, 0.3) is 0 Å². The van der Waals surface area contributed by atoms with Crippen molar-refractivity contribution < 1.29 is 0 Å². The van der Waals surface area contributed by atoms with Crippen LogP contribution in [0.4, 0.5) is 0 Å². The predicted octanol–water partition coefficient (Wildman–Crippen LogP) is 4.30. The molecule has 0 fully saturated rings. The third-order valence-electron chi connectivity index (χ3n) is 3.49. The highest BCUT2D eigenvalue weighted by Gasteiger charge is 2.05. The van der Waals surface area contributed by atoms with E-state index in [4.69, 9.17) is 0 Å². The number of H-pyrrole nitrogens is 1. The zero-order chi connectivity index (χ0) is 15.4. The lowest BCUT2D eigenvalue weighted by Crippen LogP contribution is -1.90. The standard InChI is InChI=1S/C18H19N3S/c1-13-3-7-15(8-4-13)11-17-19-18(21-20-17)22-12-16-9-5-14(2)6-10-16/h3-10H,11-12H2,1-2H3,(H,19,20,21). The molecule has 22 heavy (non-hydrogen) atoms. The molecule has 112 valence electrons. The number of aromatic amines is 1. The largest absolute Gasteiger partial charge is 0.262 e. The molecule has 1 N–H and O–H groups in total. The average molecular weight is 309 g/mol. The van der Waals surface area contributed by atoms with Crippen LogP contribution >= 0.6 is 11.8 Å². The Morgan fingerprint density at radius 3 is 2.09 bits per heavy atom. The second-order valence-electron chi connectivity index (χ2n) is 5.50. The molecule has 3 aromatic rings. The maximum atomic E-state index is 4.56. The van der Waals surface area contributed by atoms with E-state index < -0.39 is 0 Å². The van der Waals surface area contributed by atoms with Crippen LogP contribution in [0.5, 0.6) is 0 Å². The highest BCUT2D eigenvalue weighted by molar-refractivity contribution is 7.98. The van der Waals surface area contributed by atoms with Crippen LogP contribution in [0.3, 0.4) is 0 Å². The molecule has 3 nitrogen and oxygen atoms in total. The van der Waals surface area contributed by atoms with Crippen molar-refractivity contribution in [3.8, 4) is 0 Å². The molecule has 4 heteroatoms. The molecule has 0 saturated heterocycles. The molecule has 3 rings (SSSR count). The van der Waals surface area contributed by atoms with Gasteiger partial charge in [-0.2, -0.15) is 0 Å². The van der Waals surface area contributed by atoms with Crippen molar-refractivity contribution in [1.82, 2.24) is 15.2 Å². The molecule has 0 unspecified atom stereocenters. The van der Waals surface area contributed by atoms with Crippen molar-refractivity contribution in [3.05, 3.63) is 76.6 Å². The van der Waals surface area contributed by atoms with Gasteiger partial charge in [-0.25, -0.2) is 4.98 Å². The molecular weight excluding hydrogens is 290 g/mol. The van der Waals surface area contributed by atoms with Gasteiger partial charge in [0.1, 0.15) is 5.82 Å². The third kappa shape index (κ3) is 3.98. The van der Waals surface area contributed by atoms with Crippen LogP contribution in [0.1, 0.15) is 28.1 Å². The van der Waals surface area contributed by atoms with E-state index in [2.05, 4.69) is 77.6 Å². The Balaban J connectivity index is 1.59. The summed E-state index contributed by atoms with van der Waals surface area (Å²) in [6.45, 7) is 4.20. The predicted molar refractivity (Wildman–Crippen MR) is 91.1 cm³/mol. The SMILES string of the molecule is Cc1ccc(CSc2n[nH]c(Cc3ccc(C)cc3)n2)cc1. The molecule has 0 aliphatic rings. The number of aryl methyl sites for hydroxylation is 2. The fourth-order valence-corrected chi connectivity index (χ4v) is 2.93. The van der Waals surface area contributed by atoms with Crippen molar-refractivity contribution in [2.45, 2.75) is 31.2 Å². The van der Waals surface area contributed by atoms with E-state index in [1.807, 2.05) is 0 Å². The second-order valence-corrected chi connectivity index (χ2v) is 6.44. The number of hydrogen-bond donors (Lipinski definition) is 1. The first-order chi connectivity index (χ1) is 10.7. The topological polar surface area (TPSA) is 41.6 Å². The monoisotopic (exact) mass is 309 g/mol. The van der Waals surface area contributed by atoms with Crippen molar-refractivity contribution in [3.63, 3.8) is 0 Å². The van der Waals surface area contributed by atoms with E-state index in [0.29, 0.717) is 0 Å². The lowest BCUT2D eigenvalue weighted by molar-refractivity contribution is 0.956. The molecule has 2 aromatic carbocycles. The Bertz CT molecular complexity index is 730. The van der Waals surface area contributed by atoms with Crippen molar-refractivity contribution in [2.75, 3.05) is 0 Å². The number of benzene rings is 2. The molecule has 1 heterocycles. The smallest absolute Gasteiger partial charge is 0.208 e. The summed E-state index contributed by atoms with van der Waals surface area (Å²) >= 11 is 1.66. The molecule has 1 aromatic heterocycles. The number of hydrogen-bond acceptors (Lipinski definition) is 3.